The van der Waals surface area contributed by atoms with Crippen LogP contribution < -0.4 is 0 Å². The number of rotatable bonds is 7. The minimum atomic E-state index is 0.298. The lowest BCUT2D eigenvalue weighted by Crippen LogP contribution is -2.29. The number of likely N-dealkylation sites (tertiary alicyclic amines) is 1. The lowest BCUT2D eigenvalue weighted by atomic mass is 9.91. The van der Waals surface area contributed by atoms with Crippen LogP contribution in [0.2, 0.25) is 0 Å². The van der Waals surface area contributed by atoms with E-state index >= 15 is 0 Å². The van der Waals surface area contributed by atoms with Gasteiger partial charge in [-0.1, -0.05) is 0 Å². The van der Waals surface area contributed by atoms with Crippen molar-refractivity contribution in [2.45, 2.75) is 56.9 Å². The Kier molecular flexibility index (Phi) is 4.06. The summed E-state index contributed by atoms with van der Waals surface area (Å²) in [6.45, 7) is 2.62. The normalized spacial score (nSPS) is 25.8. The zero-order chi connectivity index (χ0) is 17.5. The fourth-order valence-corrected chi connectivity index (χ4v) is 4.39. The highest BCUT2D eigenvalue weighted by Gasteiger charge is 2.45. The number of carbonyl (C=O) groups is 1. The van der Waals surface area contributed by atoms with Gasteiger partial charge in [0.1, 0.15) is 5.82 Å². The number of nitrogens with one attached hydrogen (secondary N) is 1. The molecule has 1 aliphatic heterocycles. The highest BCUT2D eigenvalue weighted by atomic mass is 16.2. The average Bonchev–Trinajstić information content (AvgIpc) is 3.52. The SMILES string of the molecule is O=C(CCCn1cccc1)N1C[C@H](c2nc(C3CC3)n[nH]2)[C@@H](C2CC2)C1. The van der Waals surface area contributed by atoms with Crippen LogP contribution in [0.25, 0.3) is 0 Å². The molecule has 138 valence electrons. The van der Waals surface area contributed by atoms with E-state index in [0.29, 0.717) is 30.1 Å². The Labute approximate surface area is 154 Å². The summed E-state index contributed by atoms with van der Waals surface area (Å²) in [4.78, 5) is 19.6. The molecule has 2 aromatic heterocycles. The standard InChI is InChI=1S/C20H27N5O/c26-18(4-3-11-24-9-1-2-10-24)25-12-16(14-5-6-14)17(13-25)20-21-19(22-23-20)15-7-8-15/h1-2,9-10,14-17H,3-8,11-13H2,(H,21,22,23)/t16-,17+/m1/s1. The van der Waals surface area contributed by atoms with E-state index in [9.17, 15) is 4.79 Å². The molecule has 1 N–H and O–H groups in total. The Morgan fingerprint density at radius 2 is 1.96 bits per heavy atom. The van der Waals surface area contributed by atoms with Crippen molar-refractivity contribution < 1.29 is 4.79 Å². The number of aromatic nitrogens is 4. The predicted octanol–water partition coefficient (Wildman–Crippen LogP) is 2.92. The Balaban J connectivity index is 1.22. The van der Waals surface area contributed by atoms with Crippen molar-refractivity contribution in [3.8, 4) is 0 Å². The third-order valence-corrected chi connectivity index (χ3v) is 6.23. The second-order valence-electron chi connectivity index (χ2n) is 8.28. The van der Waals surface area contributed by atoms with Gasteiger partial charge >= 0.3 is 0 Å². The van der Waals surface area contributed by atoms with Crippen LogP contribution in [-0.4, -0.2) is 43.6 Å². The molecule has 0 radical (unpaired) electrons. The van der Waals surface area contributed by atoms with Gasteiger partial charge in [-0.3, -0.25) is 9.89 Å². The molecule has 5 rings (SSSR count). The van der Waals surface area contributed by atoms with Gasteiger partial charge in [0, 0.05) is 50.3 Å². The number of H-pyrrole nitrogens is 1. The van der Waals surface area contributed by atoms with Gasteiger partial charge < -0.3 is 9.47 Å². The van der Waals surface area contributed by atoms with Gasteiger partial charge in [0.15, 0.2) is 5.82 Å². The van der Waals surface area contributed by atoms with Crippen molar-refractivity contribution in [3.63, 3.8) is 0 Å². The number of aromatic amines is 1. The number of aryl methyl sites for hydroxylation is 1. The zero-order valence-electron chi connectivity index (χ0n) is 15.2. The lowest BCUT2D eigenvalue weighted by molar-refractivity contribution is -0.130. The summed E-state index contributed by atoms with van der Waals surface area (Å²) in [5.74, 6) is 4.56. The topological polar surface area (TPSA) is 66.8 Å². The van der Waals surface area contributed by atoms with Crippen LogP contribution in [0.3, 0.4) is 0 Å². The summed E-state index contributed by atoms with van der Waals surface area (Å²) in [7, 11) is 0. The van der Waals surface area contributed by atoms with E-state index in [4.69, 9.17) is 4.98 Å². The van der Waals surface area contributed by atoms with Crippen molar-refractivity contribution in [2.75, 3.05) is 13.1 Å². The maximum Gasteiger partial charge on any atom is 0.222 e. The molecular weight excluding hydrogens is 326 g/mol. The molecule has 26 heavy (non-hydrogen) atoms. The van der Waals surface area contributed by atoms with Crippen molar-refractivity contribution >= 4 is 5.91 Å². The van der Waals surface area contributed by atoms with Gasteiger partial charge in [-0.25, -0.2) is 4.98 Å². The van der Waals surface area contributed by atoms with E-state index in [1.807, 2.05) is 12.1 Å². The van der Waals surface area contributed by atoms with Crippen molar-refractivity contribution in [2.24, 2.45) is 11.8 Å². The molecule has 6 nitrogen and oxygen atoms in total. The summed E-state index contributed by atoms with van der Waals surface area (Å²) < 4.78 is 2.14. The van der Waals surface area contributed by atoms with Crippen molar-refractivity contribution in [1.82, 2.24) is 24.6 Å². The smallest absolute Gasteiger partial charge is 0.222 e. The van der Waals surface area contributed by atoms with Crippen molar-refractivity contribution in [1.29, 1.82) is 0 Å². The second kappa shape index (κ2) is 6.56. The molecular formula is C20H27N5O. The maximum absolute atomic E-state index is 12.7. The summed E-state index contributed by atoms with van der Waals surface area (Å²) in [6.07, 6.45) is 10.7. The molecule has 2 aliphatic carbocycles. The second-order valence-corrected chi connectivity index (χ2v) is 8.28. The van der Waals surface area contributed by atoms with Crippen LogP contribution >= 0.6 is 0 Å². The number of nitrogens with zero attached hydrogens (tertiary/aromatic N) is 4. The van der Waals surface area contributed by atoms with Crippen molar-refractivity contribution in [3.05, 3.63) is 36.2 Å². The highest BCUT2D eigenvalue weighted by molar-refractivity contribution is 5.76. The van der Waals surface area contributed by atoms with Gasteiger partial charge in [-0.15, -0.1) is 0 Å². The van der Waals surface area contributed by atoms with Crippen LogP contribution in [-0.2, 0) is 11.3 Å². The van der Waals surface area contributed by atoms with Gasteiger partial charge in [-0.05, 0) is 56.1 Å². The van der Waals surface area contributed by atoms with Gasteiger partial charge in [0.05, 0.1) is 0 Å². The largest absolute Gasteiger partial charge is 0.354 e. The Morgan fingerprint density at radius 1 is 1.15 bits per heavy atom. The molecule has 3 aliphatic rings. The molecule has 3 heterocycles. The Morgan fingerprint density at radius 3 is 2.69 bits per heavy atom. The van der Waals surface area contributed by atoms with E-state index in [2.05, 4.69) is 32.1 Å². The van der Waals surface area contributed by atoms with Crippen LogP contribution in [0.1, 0.15) is 62.0 Å². The first-order valence-corrected chi connectivity index (χ1v) is 10.1. The molecule has 3 fully saturated rings. The number of hydrogen-bond acceptors (Lipinski definition) is 3. The number of hydrogen-bond donors (Lipinski definition) is 1. The molecule has 1 amide bonds. The Hall–Kier alpha value is -2.11. The van der Waals surface area contributed by atoms with E-state index < -0.39 is 0 Å². The first-order valence-electron chi connectivity index (χ1n) is 10.1. The average molecular weight is 353 g/mol. The molecule has 6 heteroatoms. The minimum absolute atomic E-state index is 0.298. The summed E-state index contributed by atoms with van der Waals surface area (Å²) in [5, 5.41) is 7.64. The summed E-state index contributed by atoms with van der Waals surface area (Å²) >= 11 is 0. The third-order valence-electron chi connectivity index (χ3n) is 6.23. The molecule has 2 aromatic rings. The van der Waals surface area contributed by atoms with E-state index in [1.165, 1.54) is 25.7 Å². The van der Waals surface area contributed by atoms with Gasteiger partial charge in [0.25, 0.3) is 0 Å². The number of carbonyl (C=O) groups excluding carboxylic acids is 1. The van der Waals surface area contributed by atoms with E-state index in [1.54, 1.807) is 0 Å². The molecule has 2 atom stereocenters. The van der Waals surface area contributed by atoms with Crippen LogP contribution in [0.4, 0.5) is 0 Å². The molecule has 0 aromatic carbocycles. The van der Waals surface area contributed by atoms with Crippen LogP contribution in [0.15, 0.2) is 24.5 Å². The fraction of sp³-hybridized carbons (Fsp3) is 0.650. The molecule has 1 saturated heterocycles. The summed E-state index contributed by atoms with van der Waals surface area (Å²) in [5.41, 5.74) is 0. The fourth-order valence-electron chi connectivity index (χ4n) is 4.39. The quantitative estimate of drug-likeness (QED) is 0.832. The molecule has 0 unspecified atom stereocenters. The van der Waals surface area contributed by atoms with Crippen LogP contribution in [0.5, 0.6) is 0 Å². The van der Waals surface area contributed by atoms with Gasteiger partial charge in [-0.2, -0.15) is 5.10 Å². The molecule has 0 bridgehead atoms. The lowest BCUT2D eigenvalue weighted by Gasteiger charge is -2.16. The first kappa shape index (κ1) is 16.1. The maximum atomic E-state index is 12.7. The van der Waals surface area contributed by atoms with Crippen LogP contribution in [0, 0.1) is 11.8 Å². The molecule has 2 saturated carbocycles. The minimum Gasteiger partial charge on any atom is -0.354 e. The van der Waals surface area contributed by atoms with E-state index in [-0.39, 0.29) is 0 Å². The predicted molar refractivity (Wildman–Crippen MR) is 97.6 cm³/mol. The number of amides is 1. The summed E-state index contributed by atoms with van der Waals surface area (Å²) in [6, 6.07) is 4.06. The molecule has 0 spiro atoms. The zero-order valence-corrected chi connectivity index (χ0v) is 15.2. The monoisotopic (exact) mass is 353 g/mol. The highest BCUT2D eigenvalue weighted by Crippen LogP contribution is 2.47. The van der Waals surface area contributed by atoms with E-state index in [0.717, 1.165) is 43.6 Å². The first-order chi connectivity index (χ1) is 12.8. The Bertz CT molecular complexity index is 759. The third kappa shape index (κ3) is 3.29. The van der Waals surface area contributed by atoms with Gasteiger partial charge in [0.2, 0.25) is 5.91 Å².